The predicted molar refractivity (Wildman–Crippen MR) is 52.0 cm³/mol. The zero-order valence-electron chi connectivity index (χ0n) is 7.75. The molecule has 0 aliphatic carbocycles. The zero-order chi connectivity index (χ0) is 9.26. The van der Waals surface area contributed by atoms with Crippen molar-refractivity contribution in [3.8, 4) is 0 Å². The molecule has 2 unspecified atom stereocenters. The second kappa shape index (κ2) is 4.11. The summed E-state index contributed by atoms with van der Waals surface area (Å²) < 4.78 is 12.1. The molecule has 2 atom stereocenters. The van der Waals surface area contributed by atoms with Gasteiger partial charge in [0, 0.05) is 44.1 Å². The Morgan fingerprint density at radius 1 is 1.31 bits per heavy atom. The molecule has 0 aromatic rings. The normalized spacial score (nSPS) is 36.5. The van der Waals surface area contributed by atoms with Gasteiger partial charge in [0.1, 0.15) is 6.67 Å². The first-order chi connectivity index (χ1) is 6.29. The van der Waals surface area contributed by atoms with Crippen LogP contribution in [0.2, 0.25) is 0 Å². The van der Waals surface area contributed by atoms with Crippen LogP contribution in [0, 0.1) is 0 Å². The monoisotopic (exact) mass is 206 g/mol. The van der Waals surface area contributed by atoms with E-state index in [4.69, 9.17) is 11.6 Å². The van der Waals surface area contributed by atoms with E-state index in [1.165, 1.54) is 0 Å². The Kier molecular flexibility index (Phi) is 3.06. The highest BCUT2D eigenvalue weighted by Crippen LogP contribution is 2.24. The highest BCUT2D eigenvalue weighted by molar-refractivity contribution is 6.21. The first-order valence-electron chi connectivity index (χ1n) is 4.96. The molecule has 2 nitrogen and oxygen atoms in total. The lowest BCUT2D eigenvalue weighted by Gasteiger charge is -2.36. The number of hydrogen-bond donors (Lipinski definition) is 0. The zero-order valence-corrected chi connectivity index (χ0v) is 8.51. The summed E-state index contributed by atoms with van der Waals surface area (Å²) in [6.07, 6.45) is 1.07. The first kappa shape index (κ1) is 9.69. The molecule has 76 valence electrons. The van der Waals surface area contributed by atoms with Crippen molar-refractivity contribution in [1.82, 2.24) is 9.80 Å². The Balaban J connectivity index is 1.86. The fourth-order valence-corrected chi connectivity index (χ4v) is 2.75. The summed E-state index contributed by atoms with van der Waals surface area (Å²) in [6.45, 7) is 4.47. The molecule has 0 N–H and O–H groups in total. The molecule has 2 rings (SSSR count). The van der Waals surface area contributed by atoms with E-state index in [1.54, 1.807) is 0 Å². The van der Waals surface area contributed by atoms with Crippen LogP contribution in [0.1, 0.15) is 6.42 Å². The lowest BCUT2D eigenvalue weighted by Crippen LogP contribution is -2.50. The third kappa shape index (κ3) is 2.14. The molecule has 13 heavy (non-hydrogen) atoms. The summed E-state index contributed by atoms with van der Waals surface area (Å²) in [5.41, 5.74) is 0. The molecule has 2 fully saturated rings. The van der Waals surface area contributed by atoms with Crippen LogP contribution in [-0.2, 0) is 0 Å². The summed E-state index contributed by atoms with van der Waals surface area (Å²) in [7, 11) is 0. The average Bonchev–Trinajstić information content (AvgIpc) is 2.44. The van der Waals surface area contributed by atoms with E-state index < -0.39 is 0 Å². The molecule has 2 aliphatic heterocycles. The van der Waals surface area contributed by atoms with Crippen LogP contribution in [0.5, 0.6) is 0 Å². The van der Waals surface area contributed by atoms with Crippen LogP contribution >= 0.6 is 11.6 Å². The van der Waals surface area contributed by atoms with Crippen molar-refractivity contribution in [3.05, 3.63) is 0 Å². The van der Waals surface area contributed by atoms with Crippen molar-refractivity contribution in [2.75, 3.05) is 39.4 Å². The maximum Gasteiger partial charge on any atom is 0.102 e. The molecule has 2 saturated heterocycles. The lowest BCUT2D eigenvalue weighted by atomic mass is 10.1. The SMILES string of the molecule is FCCN1CCN2CC(Cl)CC2C1. The third-order valence-corrected chi connectivity index (χ3v) is 3.37. The van der Waals surface area contributed by atoms with Crippen LogP contribution in [0.4, 0.5) is 4.39 Å². The molecular formula is C9H16ClFN2. The van der Waals surface area contributed by atoms with E-state index >= 15 is 0 Å². The molecule has 0 aromatic heterocycles. The van der Waals surface area contributed by atoms with Gasteiger partial charge >= 0.3 is 0 Å². The summed E-state index contributed by atoms with van der Waals surface area (Å²) in [6, 6.07) is 0.586. The Morgan fingerprint density at radius 2 is 2.15 bits per heavy atom. The predicted octanol–water partition coefficient (Wildman–Crippen LogP) is 0.953. The van der Waals surface area contributed by atoms with Gasteiger partial charge in [-0.3, -0.25) is 9.80 Å². The number of alkyl halides is 2. The average molecular weight is 207 g/mol. The lowest BCUT2D eigenvalue weighted by molar-refractivity contribution is 0.0994. The number of rotatable bonds is 2. The smallest absolute Gasteiger partial charge is 0.102 e. The number of nitrogens with zero attached hydrogens (tertiary/aromatic N) is 2. The maximum atomic E-state index is 12.1. The minimum absolute atomic E-state index is 0.225. The molecule has 0 bridgehead atoms. The van der Waals surface area contributed by atoms with Gasteiger partial charge in [-0.2, -0.15) is 0 Å². The van der Waals surface area contributed by atoms with Crippen molar-refractivity contribution in [3.63, 3.8) is 0 Å². The maximum absolute atomic E-state index is 12.1. The van der Waals surface area contributed by atoms with Crippen molar-refractivity contribution < 1.29 is 4.39 Å². The van der Waals surface area contributed by atoms with E-state index in [9.17, 15) is 4.39 Å². The van der Waals surface area contributed by atoms with E-state index in [-0.39, 0.29) is 6.67 Å². The molecular weight excluding hydrogens is 191 g/mol. The fourth-order valence-electron chi connectivity index (χ4n) is 2.37. The van der Waals surface area contributed by atoms with Crippen LogP contribution in [-0.4, -0.2) is 60.6 Å². The van der Waals surface area contributed by atoms with Gasteiger partial charge in [0.25, 0.3) is 0 Å². The van der Waals surface area contributed by atoms with Crippen LogP contribution in [0.3, 0.4) is 0 Å². The quantitative estimate of drug-likeness (QED) is 0.621. The Bertz CT molecular complexity index is 179. The minimum atomic E-state index is -0.225. The Hall–Kier alpha value is 0.140. The van der Waals surface area contributed by atoms with E-state index in [0.717, 1.165) is 32.6 Å². The van der Waals surface area contributed by atoms with Gasteiger partial charge in [0.05, 0.1) is 0 Å². The Labute approximate surface area is 83.6 Å². The molecule has 2 heterocycles. The largest absolute Gasteiger partial charge is 0.298 e. The van der Waals surface area contributed by atoms with Crippen LogP contribution in [0.25, 0.3) is 0 Å². The van der Waals surface area contributed by atoms with E-state index in [0.29, 0.717) is 18.0 Å². The summed E-state index contributed by atoms with van der Waals surface area (Å²) in [5, 5.41) is 0.315. The molecule has 4 heteroatoms. The highest BCUT2D eigenvalue weighted by Gasteiger charge is 2.34. The second-order valence-corrected chi connectivity index (χ2v) is 4.59. The van der Waals surface area contributed by atoms with Crippen molar-refractivity contribution >= 4 is 11.6 Å². The molecule has 2 aliphatic rings. The first-order valence-corrected chi connectivity index (χ1v) is 5.39. The number of halogens is 2. The number of piperazine rings is 1. The standard InChI is InChI=1S/C9H16ClFN2/c10-8-5-9-7-12(2-1-11)3-4-13(9)6-8/h8-9H,1-7H2. The van der Waals surface area contributed by atoms with Gasteiger partial charge in [0.2, 0.25) is 0 Å². The van der Waals surface area contributed by atoms with Crippen LogP contribution in [0.15, 0.2) is 0 Å². The van der Waals surface area contributed by atoms with Gasteiger partial charge in [-0.25, -0.2) is 4.39 Å². The van der Waals surface area contributed by atoms with Gasteiger partial charge in [-0.15, -0.1) is 11.6 Å². The number of hydrogen-bond acceptors (Lipinski definition) is 2. The summed E-state index contributed by atoms with van der Waals surface area (Å²) in [4.78, 5) is 4.64. The molecule has 0 aromatic carbocycles. The minimum Gasteiger partial charge on any atom is -0.298 e. The van der Waals surface area contributed by atoms with Gasteiger partial charge in [0.15, 0.2) is 0 Å². The Morgan fingerprint density at radius 3 is 2.92 bits per heavy atom. The highest BCUT2D eigenvalue weighted by atomic mass is 35.5. The van der Waals surface area contributed by atoms with E-state index in [1.807, 2.05) is 0 Å². The topological polar surface area (TPSA) is 6.48 Å². The van der Waals surface area contributed by atoms with Crippen molar-refractivity contribution in [1.29, 1.82) is 0 Å². The van der Waals surface area contributed by atoms with Gasteiger partial charge in [-0.1, -0.05) is 0 Å². The van der Waals surface area contributed by atoms with Gasteiger partial charge in [-0.05, 0) is 6.42 Å². The van der Waals surface area contributed by atoms with Crippen molar-refractivity contribution in [2.24, 2.45) is 0 Å². The number of fused-ring (bicyclic) bond motifs is 1. The third-order valence-electron chi connectivity index (χ3n) is 3.05. The summed E-state index contributed by atoms with van der Waals surface area (Å²) >= 11 is 6.08. The van der Waals surface area contributed by atoms with Crippen molar-refractivity contribution in [2.45, 2.75) is 17.8 Å². The molecule has 0 saturated carbocycles. The van der Waals surface area contributed by atoms with E-state index in [2.05, 4.69) is 9.80 Å². The second-order valence-electron chi connectivity index (χ2n) is 3.97. The molecule has 0 amide bonds. The van der Waals surface area contributed by atoms with Gasteiger partial charge < -0.3 is 0 Å². The molecule has 0 radical (unpaired) electrons. The summed E-state index contributed by atoms with van der Waals surface area (Å²) in [5.74, 6) is 0. The molecule has 0 spiro atoms. The van der Waals surface area contributed by atoms with Crippen LogP contribution < -0.4 is 0 Å². The fraction of sp³-hybridized carbons (Fsp3) is 1.00.